The highest BCUT2D eigenvalue weighted by atomic mass is 35.5. The van der Waals surface area contributed by atoms with Gasteiger partial charge in [-0.1, -0.05) is 29.8 Å². The smallest absolute Gasteiger partial charge is 0.319 e. The summed E-state index contributed by atoms with van der Waals surface area (Å²) in [5.41, 5.74) is 2.18. The minimum atomic E-state index is -0.686. The van der Waals surface area contributed by atoms with Crippen molar-refractivity contribution < 1.29 is 9.59 Å². The molecular formula is C17H18ClN3O2. The largest absolute Gasteiger partial charge is 0.326 e. The van der Waals surface area contributed by atoms with Crippen LogP contribution in [0.25, 0.3) is 0 Å². The fraction of sp³-hybridized carbons (Fsp3) is 0.176. The number of aryl methyl sites for hydroxylation is 1. The lowest BCUT2D eigenvalue weighted by Gasteiger charge is -2.16. The monoisotopic (exact) mass is 331 g/mol. The van der Waals surface area contributed by atoms with Gasteiger partial charge in [-0.2, -0.15) is 0 Å². The second-order valence-corrected chi connectivity index (χ2v) is 5.57. The fourth-order valence-electron chi connectivity index (χ4n) is 1.96. The molecule has 3 N–H and O–H groups in total. The van der Waals surface area contributed by atoms with Crippen LogP contribution >= 0.6 is 11.6 Å². The summed E-state index contributed by atoms with van der Waals surface area (Å²) in [6.45, 7) is 3.47. The van der Waals surface area contributed by atoms with Gasteiger partial charge >= 0.3 is 6.03 Å². The maximum Gasteiger partial charge on any atom is 0.319 e. The molecule has 2 rings (SSSR count). The molecule has 1 atom stereocenters. The van der Waals surface area contributed by atoms with Gasteiger partial charge in [0.25, 0.3) is 0 Å². The van der Waals surface area contributed by atoms with Crippen LogP contribution in [0, 0.1) is 6.92 Å². The third-order valence-electron chi connectivity index (χ3n) is 3.22. The predicted molar refractivity (Wildman–Crippen MR) is 92.9 cm³/mol. The summed E-state index contributed by atoms with van der Waals surface area (Å²) in [5.74, 6) is -0.307. The summed E-state index contributed by atoms with van der Waals surface area (Å²) < 4.78 is 0. The van der Waals surface area contributed by atoms with Gasteiger partial charge in [0.1, 0.15) is 6.04 Å². The number of para-hydroxylation sites is 1. The average molecular weight is 332 g/mol. The molecule has 0 saturated heterocycles. The van der Waals surface area contributed by atoms with Crippen molar-refractivity contribution in [1.29, 1.82) is 0 Å². The average Bonchev–Trinajstić information content (AvgIpc) is 2.50. The summed E-state index contributed by atoms with van der Waals surface area (Å²) in [4.78, 5) is 24.0. The van der Waals surface area contributed by atoms with Crippen molar-refractivity contribution in [3.8, 4) is 0 Å². The van der Waals surface area contributed by atoms with Crippen molar-refractivity contribution >= 4 is 34.9 Å². The number of halogens is 1. The predicted octanol–water partition coefficient (Wildman–Crippen LogP) is 3.80. The number of anilines is 2. The Balaban J connectivity index is 1.90. The van der Waals surface area contributed by atoms with Gasteiger partial charge in [0.15, 0.2) is 0 Å². The molecule has 0 heterocycles. The summed E-state index contributed by atoms with van der Waals surface area (Å²) in [6, 6.07) is 13.1. The lowest BCUT2D eigenvalue weighted by molar-refractivity contribution is -0.117. The summed E-state index contributed by atoms with van der Waals surface area (Å²) in [5, 5.41) is 8.63. The second-order valence-electron chi connectivity index (χ2n) is 5.13. The maximum absolute atomic E-state index is 12.2. The summed E-state index contributed by atoms with van der Waals surface area (Å²) in [7, 11) is 0. The quantitative estimate of drug-likeness (QED) is 0.797. The van der Waals surface area contributed by atoms with Crippen LogP contribution in [0.4, 0.5) is 16.2 Å². The highest BCUT2D eigenvalue weighted by Gasteiger charge is 2.16. The molecule has 0 saturated carbocycles. The molecule has 0 radical (unpaired) electrons. The van der Waals surface area contributed by atoms with E-state index in [2.05, 4.69) is 16.0 Å². The van der Waals surface area contributed by atoms with Crippen LogP contribution in [-0.4, -0.2) is 18.0 Å². The van der Waals surface area contributed by atoms with E-state index in [-0.39, 0.29) is 5.91 Å². The lowest BCUT2D eigenvalue weighted by Crippen LogP contribution is -2.43. The number of hydrogen-bond donors (Lipinski definition) is 3. The van der Waals surface area contributed by atoms with Crippen LogP contribution in [0.2, 0.25) is 5.02 Å². The van der Waals surface area contributed by atoms with E-state index in [1.54, 1.807) is 37.3 Å². The van der Waals surface area contributed by atoms with Gasteiger partial charge < -0.3 is 16.0 Å². The highest BCUT2D eigenvalue weighted by molar-refractivity contribution is 6.30. The van der Waals surface area contributed by atoms with Crippen molar-refractivity contribution in [3.05, 3.63) is 59.1 Å². The van der Waals surface area contributed by atoms with E-state index in [9.17, 15) is 9.59 Å². The van der Waals surface area contributed by atoms with E-state index in [0.717, 1.165) is 5.56 Å². The first-order valence-corrected chi connectivity index (χ1v) is 7.53. The molecule has 2 aromatic rings. The molecule has 0 aliphatic rings. The first-order valence-electron chi connectivity index (χ1n) is 7.15. The van der Waals surface area contributed by atoms with Gasteiger partial charge in [0.05, 0.1) is 0 Å². The Morgan fingerprint density at radius 1 is 1.04 bits per heavy atom. The molecule has 23 heavy (non-hydrogen) atoms. The van der Waals surface area contributed by atoms with Crippen molar-refractivity contribution in [2.75, 3.05) is 10.6 Å². The number of amides is 3. The molecule has 6 heteroatoms. The molecule has 120 valence electrons. The van der Waals surface area contributed by atoms with E-state index in [1.807, 2.05) is 25.1 Å². The zero-order chi connectivity index (χ0) is 16.8. The summed E-state index contributed by atoms with van der Waals surface area (Å²) >= 11 is 5.88. The van der Waals surface area contributed by atoms with Crippen molar-refractivity contribution in [3.63, 3.8) is 0 Å². The number of urea groups is 1. The number of carbonyl (C=O) groups excluding carboxylic acids is 2. The number of rotatable bonds is 4. The van der Waals surface area contributed by atoms with Crippen molar-refractivity contribution in [1.82, 2.24) is 5.32 Å². The number of benzene rings is 2. The van der Waals surface area contributed by atoms with E-state index in [4.69, 9.17) is 11.6 Å². The molecule has 0 bridgehead atoms. The molecule has 0 spiro atoms. The van der Waals surface area contributed by atoms with Crippen LogP contribution in [0.3, 0.4) is 0 Å². The van der Waals surface area contributed by atoms with Gasteiger partial charge in [-0.25, -0.2) is 4.79 Å². The van der Waals surface area contributed by atoms with Crippen LogP contribution in [0.5, 0.6) is 0 Å². The van der Waals surface area contributed by atoms with E-state index < -0.39 is 12.1 Å². The van der Waals surface area contributed by atoms with Crippen molar-refractivity contribution in [2.45, 2.75) is 19.9 Å². The standard InChI is InChI=1S/C17H18ClN3O2/c1-11-10-13(18)8-9-15(11)21-16(22)12(2)19-17(23)20-14-6-4-3-5-7-14/h3-10,12H,1-2H3,(H,21,22)(H2,19,20,23). The molecule has 0 aliphatic carbocycles. The Bertz CT molecular complexity index is 704. The Labute approximate surface area is 140 Å². The molecule has 2 aromatic carbocycles. The summed E-state index contributed by atoms with van der Waals surface area (Å²) in [6.07, 6.45) is 0. The van der Waals surface area contributed by atoms with Crippen LogP contribution in [-0.2, 0) is 4.79 Å². The highest BCUT2D eigenvalue weighted by Crippen LogP contribution is 2.19. The van der Waals surface area contributed by atoms with Gasteiger partial charge in [0, 0.05) is 16.4 Å². The topological polar surface area (TPSA) is 70.2 Å². The molecular weight excluding hydrogens is 314 g/mol. The SMILES string of the molecule is Cc1cc(Cl)ccc1NC(=O)C(C)NC(=O)Nc1ccccc1. The van der Waals surface area contributed by atoms with Crippen molar-refractivity contribution in [2.24, 2.45) is 0 Å². The molecule has 5 nitrogen and oxygen atoms in total. The van der Waals surface area contributed by atoms with Gasteiger partial charge in [-0.3, -0.25) is 4.79 Å². The van der Waals surface area contributed by atoms with Gasteiger partial charge in [-0.05, 0) is 49.7 Å². The lowest BCUT2D eigenvalue weighted by atomic mass is 10.2. The second kappa shape index (κ2) is 7.65. The van der Waals surface area contributed by atoms with E-state index >= 15 is 0 Å². The maximum atomic E-state index is 12.2. The van der Waals surface area contributed by atoms with Crippen LogP contribution in [0.1, 0.15) is 12.5 Å². The fourth-order valence-corrected chi connectivity index (χ4v) is 2.19. The first kappa shape index (κ1) is 16.8. The zero-order valence-electron chi connectivity index (χ0n) is 12.9. The van der Waals surface area contributed by atoms with E-state index in [0.29, 0.717) is 16.4 Å². The Hall–Kier alpha value is -2.53. The van der Waals surface area contributed by atoms with E-state index in [1.165, 1.54) is 0 Å². The Morgan fingerprint density at radius 2 is 1.74 bits per heavy atom. The zero-order valence-corrected chi connectivity index (χ0v) is 13.6. The van der Waals surface area contributed by atoms with Gasteiger partial charge in [-0.15, -0.1) is 0 Å². The third-order valence-corrected chi connectivity index (χ3v) is 3.45. The molecule has 1 unspecified atom stereocenters. The molecule has 0 aromatic heterocycles. The molecule has 0 aliphatic heterocycles. The number of hydrogen-bond acceptors (Lipinski definition) is 2. The minimum Gasteiger partial charge on any atom is -0.326 e. The van der Waals surface area contributed by atoms with Crippen LogP contribution in [0.15, 0.2) is 48.5 Å². The van der Waals surface area contributed by atoms with Gasteiger partial charge in [0.2, 0.25) is 5.91 Å². The Morgan fingerprint density at radius 3 is 2.39 bits per heavy atom. The number of nitrogens with one attached hydrogen (secondary N) is 3. The third kappa shape index (κ3) is 5.00. The number of carbonyl (C=O) groups is 2. The first-order chi connectivity index (χ1) is 11.0. The molecule has 0 fully saturated rings. The molecule has 3 amide bonds. The Kier molecular flexibility index (Phi) is 5.60. The van der Waals surface area contributed by atoms with Crippen LogP contribution < -0.4 is 16.0 Å². The minimum absolute atomic E-state index is 0.307. The normalized spacial score (nSPS) is 11.4.